The van der Waals surface area contributed by atoms with Gasteiger partial charge in [0.25, 0.3) is 0 Å². The van der Waals surface area contributed by atoms with Gasteiger partial charge in [0.2, 0.25) is 0 Å². The van der Waals surface area contributed by atoms with Crippen molar-refractivity contribution in [2.75, 3.05) is 31.1 Å². The zero-order chi connectivity index (χ0) is 9.10. The summed E-state index contributed by atoms with van der Waals surface area (Å²) in [7, 11) is 0. The second-order valence-electron chi connectivity index (χ2n) is 3.58. The fourth-order valence-corrected chi connectivity index (χ4v) is 1.75. The predicted octanol–water partition coefficient (Wildman–Crippen LogP) is 2.25. The lowest BCUT2D eigenvalue weighted by Gasteiger charge is -2.29. The molecule has 0 bridgehead atoms. The van der Waals surface area contributed by atoms with E-state index in [1.54, 1.807) is 0 Å². The second-order valence-corrected chi connectivity index (χ2v) is 3.58. The summed E-state index contributed by atoms with van der Waals surface area (Å²) < 4.78 is 0. The number of aryl methyl sites for hydroxylation is 1. The van der Waals surface area contributed by atoms with Crippen molar-refractivity contribution in [3.63, 3.8) is 0 Å². The standard InChI is InChI=1S/C11H16N2.2ClH/c1-10-3-2-4-11(9-10)13-7-5-12-6-8-13;;/h2-4,9,12H,5-8H2,1H3;2*1H. The molecule has 86 valence electrons. The molecule has 1 heterocycles. The van der Waals surface area contributed by atoms with Crippen LogP contribution in [-0.4, -0.2) is 26.2 Å². The topological polar surface area (TPSA) is 15.3 Å². The van der Waals surface area contributed by atoms with Crippen molar-refractivity contribution in [1.82, 2.24) is 5.32 Å². The normalized spacial score (nSPS) is 15.1. The van der Waals surface area contributed by atoms with Crippen molar-refractivity contribution < 1.29 is 0 Å². The van der Waals surface area contributed by atoms with Gasteiger partial charge in [-0.15, -0.1) is 24.8 Å². The molecule has 0 aliphatic carbocycles. The van der Waals surface area contributed by atoms with Gasteiger partial charge >= 0.3 is 0 Å². The Morgan fingerprint density at radius 3 is 2.40 bits per heavy atom. The fourth-order valence-electron chi connectivity index (χ4n) is 1.75. The fraction of sp³-hybridized carbons (Fsp3) is 0.455. The average Bonchev–Trinajstić information content (AvgIpc) is 2.19. The monoisotopic (exact) mass is 248 g/mol. The molecule has 1 saturated heterocycles. The van der Waals surface area contributed by atoms with E-state index in [1.165, 1.54) is 11.3 Å². The zero-order valence-corrected chi connectivity index (χ0v) is 10.5. The molecule has 1 N–H and O–H groups in total. The van der Waals surface area contributed by atoms with Gasteiger partial charge < -0.3 is 10.2 Å². The summed E-state index contributed by atoms with van der Waals surface area (Å²) in [5.41, 5.74) is 2.71. The Bertz CT molecular complexity index is 286. The molecule has 0 unspecified atom stereocenters. The number of rotatable bonds is 1. The molecule has 2 nitrogen and oxygen atoms in total. The van der Waals surface area contributed by atoms with Gasteiger partial charge in [-0.1, -0.05) is 12.1 Å². The Labute approximate surface area is 104 Å². The van der Waals surface area contributed by atoms with Gasteiger partial charge in [-0.05, 0) is 24.6 Å². The Morgan fingerprint density at radius 2 is 1.80 bits per heavy atom. The maximum Gasteiger partial charge on any atom is 0.0369 e. The van der Waals surface area contributed by atoms with Gasteiger partial charge in [0.15, 0.2) is 0 Å². The SMILES string of the molecule is Cc1cccc(N2CCNCC2)c1.Cl.Cl. The molecule has 4 heteroatoms. The molecule has 0 radical (unpaired) electrons. The maximum atomic E-state index is 3.36. The zero-order valence-electron chi connectivity index (χ0n) is 8.90. The Balaban J connectivity index is 0.000000980. The van der Waals surface area contributed by atoms with Gasteiger partial charge in [0.05, 0.1) is 0 Å². The van der Waals surface area contributed by atoms with Crippen LogP contribution in [0.25, 0.3) is 0 Å². The van der Waals surface area contributed by atoms with E-state index in [1.807, 2.05) is 0 Å². The molecular weight excluding hydrogens is 231 g/mol. The number of piperazine rings is 1. The van der Waals surface area contributed by atoms with E-state index in [2.05, 4.69) is 41.4 Å². The summed E-state index contributed by atoms with van der Waals surface area (Å²) in [5, 5.41) is 3.36. The summed E-state index contributed by atoms with van der Waals surface area (Å²) in [6, 6.07) is 8.72. The van der Waals surface area contributed by atoms with Crippen molar-refractivity contribution in [3.8, 4) is 0 Å². The van der Waals surface area contributed by atoms with Crippen molar-refractivity contribution in [3.05, 3.63) is 29.8 Å². The van der Waals surface area contributed by atoms with E-state index >= 15 is 0 Å². The van der Waals surface area contributed by atoms with Crippen LogP contribution in [0.15, 0.2) is 24.3 Å². The van der Waals surface area contributed by atoms with Gasteiger partial charge in [0.1, 0.15) is 0 Å². The third-order valence-electron chi connectivity index (χ3n) is 2.48. The van der Waals surface area contributed by atoms with Gasteiger partial charge in [-0.2, -0.15) is 0 Å². The van der Waals surface area contributed by atoms with Crippen LogP contribution in [0.5, 0.6) is 0 Å². The second kappa shape index (κ2) is 6.94. The molecule has 1 aromatic carbocycles. The Kier molecular flexibility index (Phi) is 6.73. The smallest absolute Gasteiger partial charge is 0.0369 e. The maximum absolute atomic E-state index is 3.36. The molecule has 1 aromatic rings. The lowest BCUT2D eigenvalue weighted by molar-refractivity contribution is 0.589. The van der Waals surface area contributed by atoms with Crippen LogP contribution in [0, 0.1) is 6.92 Å². The molecule has 0 aromatic heterocycles. The lowest BCUT2D eigenvalue weighted by Crippen LogP contribution is -2.43. The molecular formula is C11H18Cl2N2. The van der Waals surface area contributed by atoms with E-state index < -0.39 is 0 Å². The van der Waals surface area contributed by atoms with Crippen LogP contribution >= 0.6 is 24.8 Å². The van der Waals surface area contributed by atoms with Crippen LogP contribution < -0.4 is 10.2 Å². The van der Waals surface area contributed by atoms with Crippen LogP contribution in [0.3, 0.4) is 0 Å². The minimum Gasteiger partial charge on any atom is -0.369 e. The van der Waals surface area contributed by atoms with E-state index in [-0.39, 0.29) is 24.8 Å². The van der Waals surface area contributed by atoms with Crippen LogP contribution in [0.4, 0.5) is 5.69 Å². The van der Waals surface area contributed by atoms with Crippen molar-refractivity contribution >= 4 is 30.5 Å². The largest absolute Gasteiger partial charge is 0.369 e. The summed E-state index contributed by atoms with van der Waals surface area (Å²) in [6.07, 6.45) is 0. The molecule has 2 rings (SSSR count). The van der Waals surface area contributed by atoms with Crippen LogP contribution in [-0.2, 0) is 0 Å². The molecule has 1 aliphatic heterocycles. The van der Waals surface area contributed by atoms with Gasteiger partial charge in [-0.3, -0.25) is 0 Å². The first-order chi connectivity index (χ1) is 6.36. The number of hydrogen-bond acceptors (Lipinski definition) is 2. The van der Waals surface area contributed by atoms with Crippen molar-refractivity contribution in [1.29, 1.82) is 0 Å². The molecule has 0 saturated carbocycles. The van der Waals surface area contributed by atoms with E-state index in [9.17, 15) is 0 Å². The number of hydrogen-bond donors (Lipinski definition) is 1. The van der Waals surface area contributed by atoms with Crippen LogP contribution in [0.1, 0.15) is 5.56 Å². The highest BCUT2D eigenvalue weighted by Gasteiger charge is 2.09. The number of halogens is 2. The number of anilines is 1. The first-order valence-electron chi connectivity index (χ1n) is 4.88. The highest BCUT2D eigenvalue weighted by atomic mass is 35.5. The molecule has 1 fully saturated rings. The number of benzene rings is 1. The molecule has 15 heavy (non-hydrogen) atoms. The highest BCUT2D eigenvalue weighted by Crippen LogP contribution is 2.15. The van der Waals surface area contributed by atoms with E-state index in [4.69, 9.17) is 0 Å². The highest BCUT2D eigenvalue weighted by molar-refractivity contribution is 5.85. The minimum absolute atomic E-state index is 0. The van der Waals surface area contributed by atoms with Crippen molar-refractivity contribution in [2.45, 2.75) is 6.92 Å². The quantitative estimate of drug-likeness (QED) is 0.821. The van der Waals surface area contributed by atoms with Crippen LogP contribution in [0.2, 0.25) is 0 Å². The molecule has 0 amide bonds. The lowest BCUT2D eigenvalue weighted by atomic mass is 10.2. The average molecular weight is 249 g/mol. The minimum atomic E-state index is 0. The Morgan fingerprint density at radius 1 is 1.13 bits per heavy atom. The summed E-state index contributed by atoms with van der Waals surface area (Å²) in [4.78, 5) is 2.43. The van der Waals surface area contributed by atoms with Gasteiger partial charge in [0, 0.05) is 31.9 Å². The molecule has 1 aliphatic rings. The third kappa shape index (κ3) is 3.90. The van der Waals surface area contributed by atoms with Crippen molar-refractivity contribution in [2.24, 2.45) is 0 Å². The first-order valence-corrected chi connectivity index (χ1v) is 4.88. The first kappa shape index (κ1) is 14.6. The van der Waals surface area contributed by atoms with Gasteiger partial charge in [-0.25, -0.2) is 0 Å². The summed E-state index contributed by atoms with van der Waals surface area (Å²) in [5.74, 6) is 0. The summed E-state index contributed by atoms with van der Waals surface area (Å²) >= 11 is 0. The molecule has 0 spiro atoms. The number of nitrogens with one attached hydrogen (secondary N) is 1. The van der Waals surface area contributed by atoms with E-state index in [0.717, 1.165) is 26.2 Å². The van der Waals surface area contributed by atoms with E-state index in [0.29, 0.717) is 0 Å². The number of nitrogens with zero attached hydrogens (tertiary/aromatic N) is 1. The third-order valence-corrected chi connectivity index (χ3v) is 2.48. The Hall–Kier alpha value is -0.440. The molecule has 0 atom stereocenters. The predicted molar refractivity (Wildman–Crippen MR) is 70.8 cm³/mol. The summed E-state index contributed by atoms with van der Waals surface area (Å²) in [6.45, 7) is 6.61.